The van der Waals surface area contributed by atoms with Gasteiger partial charge in [0.15, 0.2) is 0 Å². The van der Waals surface area contributed by atoms with Crippen molar-refractivity contribution in [2.75, 3.05) is 11.4 Å². The first-order chi connectivity index (χ1) is 9.18. The zero-order chi connectivity index (χ0) is 13.4. The van der Waals surface area contributed by atoms with Gasteiger partial charge in [-0.2, -0.15) is 0 Å². The monoisotopic (exact) mass is 272 g/mol. The SMILES string of the molecule is Cc1ccncc1N1CCc2c(Cl)cccc2C1=O. The summed E-state index contributed by atoms with van der Waals surface area (Å²) in [6, 6.07) is 7.40. The van der Waals surface area contributed by atoms with Gasteiger partial charge in [-0.1, -0.05) is 17.7 Å². The van der Waals surface area contributed by atoms with Crippen LogP contribution in [0.1, 0.15) is 21.5 Å². The molecule has 0 saturated carbocycles. The van der Waals surface area contributed by atoms with E-state index in [1.165, 1.54) is 0 Å². The second-order valence-corrected chi connectivity index (χ2v) is 5.04. The summed E-state index contributed by atoms with van der Waals surface area (Å²) in [6.07, 6.45) is 4.25. The number of carbonyl (C=O) groups is 1. The van der Waals surface area contributed by atoms with Gasteiger partial charge >= 0.3 is 0 Å². The highest BCUT2D eigenvalue weighted by Gasteiger charge is 2.27. The standard InChI is InChI=1S/C15H13ClN2O/c1-10-5-7-17-9-14(10)18-8-6-11-12(15(18)19)3-2-4-13(11)16/h2-5,7,9H,6,8H2,1H3. The van der Waals surface area contributed by atoms with Crippen LogP contribution in [0.25, 0.3) is 0 Å². The van der Waals surface area contributed by atoms with Crippen LogP contribution in [0.2, 0.25) is 5.02 Å². The molecule has 1 aliphatic heterocycles. The molecule has 96 valence electrons. The number of rotatable bonds is 1. The highest BCUT2D eigenvalue weighted by atomic mass is 35.5. The molecule has 0 saturated heterocycles. The van der Waals surface area contributed by atoms with Crippen molar-refractivity contribution in [1.82, 2.24) is 4.98 Å². The lowest BCUT2D eigenvalue weighted by Crippen LogP contribution is -2.38. The summed E-state index contributed by atoms with van der Waals surface area (Å²) >= 11 is 6.15. The van der Waals surface area contributed by atoms with Crippen LogP contribution in [-0.4, -0.2) is 17.4 Å². The Morgan fingerprint density at radius 1 is 1.32 bits per heavy atom. The topological polar surface area (TPSA) is 33.2 Å². The number of amides is 1. The molecule has 0 fully saturated rings. The molecular weight excluding hydrogens is 260 g/mol. The first-order valence-corrected chi connectivity index (χ1v) is 6.56. The number of aryl methyl sites for hydroxylation is 1. The molecule has 1 amide bonds. The summed E-state index contributed by atoms with van der Waals surface area (Å²) in [7, 11) is 0. The molecule has 1 aromatic carbocycles. The average Bonchev–Trinajstić information content (AvgIpc) is 2.41. The Labute approximate surface area is 116 Å². The number of halogens is 1. The molecule has 3 nitrogen and oxygen atoms in total. The molecular formula is C15H13ClN2O. The van der Waals surface area contributed by atoms with Crippen LogP contribution >= 0.6 is 11.6 Å². The fourth-order valence-electron chi connectivity index (χ4n) is 2.45. The predicted molar refractivity (Wildman–Crippen MR) is 75.8 cm³/mol. The Bertz CT molecular complexity index is 654. The normalized spacial score (nSPS) is 14.4. The highest BCUT2D eigenvalue weighted by Crippen LogP contribution is 2.29. The van der Waals surface area contributed by atoms with Gasteiger partial charge in [-0.05, 0) is 42.7 Å². The van der Waals surface area contributed by atoms with E-state index in [9.17, 15) is 4.79 Å². The number of benzene rings is 1. The zero-order valence-electron chi connectivity index (χ0n) is 10.6. The van der Waals surface area contributed by atoms with Gasteiger partial charge in [0, 0.05) is 23.3 Å². The Kier molecular flexibility index (Phi) is 2.99. The largest absolute Gasteiger partial charge is 0.306 e. The molecule has 1 aromatic heterocycles. The average molecular weight is 273 g/mol. The van der Waals surface area contributed by atoms with Crippen LogP contribution < -0.4 is 4.90 Å². The Morgan fingerprint density at radius 2 is 2.16 bits per heavy atom. The lowest BCUT2D eigenvalue weighted by molar-refractivity contribution is 0.0980. The Morgan fingerprint density at radius 3 is 2.95 bits per heavy atom. The van der Waals surface area contributed by atoms with Crippen molar-refractivity contribution in [3.05, 3.63) is 58.4 Å². The van der Waals surface area contributed by atoms with Crippen molar-refractivity contribution in [1.29, 1.82) is 0 Å². The van der Waals surface area contributed by atoms with Gasteiger partial charge in [-0.25, -0.2) is 0 Å². The molecule has 0 aliphatic carbocycles. The van der Waals surface area contributed by atoms with E-state index in [1.54, 1.807) is 17.3 Å². The molecule has 2 heterocycles. The van der Waals surface area contributed by atoms with E-state index in [-0.39, 0.29) is 5.91 Å². The van der Waals surface area contributed by atoms with Gasteiger partial charge in [0.05, 0.1) is 11.9 Å². The third kappa shape index (κ3) is 2.00. The van der Waals surface area contributed by atoms with E-state index in [0.717, 1.165) is 23.2 Å². The molecule has 1 aliphatic rings. The van der Waals surface area contributed by atoms with Gasteiger partial charge in [-0.15, -0.1) is 0 Å². The maximum Gasteiger partial charge on any atom is 0.258 e. The summed E-state index contributed by atoms with van der Waals surface area (Å²) < 4.78 is 0. The fourth-order valence-corrected chi connectivity index (χ4v) is 2.72. The summed E-state index contributed by atoms with van der Waals surface area (Å²) in [6.45, 7) is 2.62. The minimum Gasteiger partial charge on any atom is -0.306 e. The van der Waals surface area contributed by atoms with Crippen LogP contribution in [0.15, 0.2) is 36.7 Å². The first kappa shape index (κ1) is 12.2. The Hall–Kier alpha value is -1.87. The van der Waals surface area contributed by atoms with Crippen molar-refractivity contribution in [2.45, 2.75) is 13.3 Å². The molecule has 2 aromatic rings. The molecule has 0 radical (unpaired) electrons. The number of hydrogen-bond donors (Lipinski definition) is 0. The molecule has 3 rings (SSSR count). The van der Waals surface area contributed by atoms with Crippen molar-refractivity contribution in [3.63, 3.8) is 0 Å². The molecule has 0 spiro atoms. The summed E-state index contributed by atoms with van der Waals surface area (Å²) in [4.78, 5) is 18.4. The molecule has 4 heteroatoms. The zero-order valence-corrected chi connectivity index (χ0v) is 11.3. The molecule has 0 N–H and O–H groups in total. The second kappa shape index (κ2) is 4.67. The quantitative estimate of drug-likeness (QED) is 0.798. The second-order valence-electron chi connectivity index (χ2n) is 4.63. The number of aromatic nitrogens is 1. The lowest BCUT2D eigenvalue weighted by Gasteiger charge is -2.29. The van der Waals surface area contributed by atoms with Crippen molar-refractivity contribution in [3.8, 4) is 0 Å². The lowest BCUT2D eigenvalue weighted by atomic mass is 9.98. The van der Waals surface area contributed by atoms with Gasteiger partial charge in [0.2, 0.25) is 0 Å². The van der Waals surface area contributed by atoms with E-state index in [4.69, 9.17) is 11.6 Å². The number of nitrogens with zero attached hydrogens (tertiary/aromatic N) is 2. The van der Waals surface area contributed by atoms with Gasteiger partial charge in [0.25, 0.3) is 5.91 Å². The molecule has 0 atom stereocenters. The minimum absolute atomic E-state index is 0.000139. The summed E-state index contributed by atoms with van der Waals surface area (Å²) in [5.74, 6) is -0.000139. The fraction of sp³-hybridized carbons (Fsp3) is 0.200. The smallest absolute Gasteiger partial charge is 0.258 e. The number of carbonyl (C=O) groups excluding carboxylic acids is 1. The third-order valence-electron chi connectivity index (χ3n) is 3.48. The summed E-state index contributed by atoms with van der Waals surface area (Å²) in [5, 5.41) is 0.674. The van der Waals surface area contributed by atoms with E-state index >= 15 is 0 Å². The minimum atomic E-state index is -0.000139. The van der Waals surface area contributed by atoms with Crippen molar-refractivity contribution in [2.24, 2.45) is 0 Å². The van der Waals surface area contributed by atoms with Gasteiger partial charge < -0.3 is 4.90 Å². The molecule has 0 unspecified atom stereocenters. The number of fused-ring (bicyclic) bond motifs is 1. The molecule has 19 heavy (non-hydrogen) atoms. The van der Waals surface area contributed by atoms with Crippen molar-refractivity contribution >= 4 is 23.2 Å². The van der Waals surface area contributed by atoms with Crippen LogP contribution in [0.4, 0.5) is 5.69 Å². The van der Waals surface area contributed by atoms with Crippen LogP contribution in [-0.2, 0) is 6.42 Å². The number of pyridine rings is 1. The van der Waals surface area contributed by atoms with Gasteiger partial charge in [-0.3, -0.25) is 9.78 Å². The maximum absolute atomic E-state index is 12.6. The number of hydrogen-bond acceptors (Lipinski definition) is 2. The predicted octanol–water partition coefficient (Wildman–Crippen LogP) is 3.25. The van der Waals surface area contributed by atoms with E-state index < -0.39 is 0 Å². The van der Waals surface area contributed by atoms with Crippen LogP contribution in [0.5, 0.6) is 0 Å². The van der Waals surface area contributed by atoms with E-state index in [1.807, 2.05) is 31.2 Å². The first-order valence-electron chi connectivity index (χ1n) is 6.18. The Balaban J connectivity index is 2.05. The van der Waals surface area contributed by atoms with E-state index in [0.29, 0.717) is 17.1 Å². The molecule has 0 bridgehead atoms. The number of anilines is 1. The third-order valence-corrected chi connectivity index (χ3v) is 3.84. The van der Waals surface area contributed by atoms with Crippen LogP contribution in [0.3, 0.4) is 0 Å². The highest BCUT2D eigenvalue weighted by molar-refractivity contribution is 6.32. The maximum atomic E-state index is 12.6. The van der Waals surface area contributed by atoms with E-state index in [2.05, 4.69) is 4.98 Å². The van der Waals surface area contributed by atoms with Gasteiger partial charge in [0.1, 0.15) is 0 Å². The van der Waals surface area contributed by atoms with Crippen LogP contribution in [0, 0.1) is 6.92 Å². The summed E-state index contributed by atoms with van der Waals surface area (Å²) in [5.41, 5.74) is 3.57. The van der Waals surface area contributed by atoms with Crippen molar-refractivity contribution < 1.29 is 4.79 Å².